The predicted molar refractivity (Wildman–Crippen MR) is 98.0 cm³/mol. The number of ether oxygens (including phenoxy) is 1. The SMILES string of the molecule is COC(=O)C1CCCN1CC(=O)Nc1ccnn1Cc1ccccc1Cl. The van der Waals surface area contributed by atoms with Crippen molar-refractivity contribution in [3.05, 3.63) is 47.1 Å². The highest BCUT2D eigenvalue weighted by molar-refractivity contribution is 6.31. The number of nitrogens with one attached hydrogen (secondary N) is 1. The van der Waals surface area contributed by atoms with Crippen molar-refractivity contribution in [2.45, 2.75) is 25.4 Å². The van der Waals surface area contributed by atoms with Crippen LogP contribution in [0.3, 0.4) is 0 Å². The topological polar surface area (TPSA) is 76.5 Å². The molecule has 0 bridgehead atoms. The zero-order chi connectivity index (χ0) is 18.5. The number of benzene rings is 1. The van der Waals surface area contributed by atoms with E-state index in [0.29, 0.717) is 30.4 Å². The quantitative estimate of drug-likeness (QED) is 0.782. The van der Waals surface area contributed by atoms with Gasteiger partial charge in [0.15, 0.2) is 0 Å². The number of carbonyl (C=O) groups excluding carboxylic acids is 2. The minimum Gasteiger partial charge on any atom is -0.468 e. The second-order valence-corrected chi connectivity index (χ2v) is 6.57. The molecule has 0 spiro atoms. The number of carbonyl (C=O) groups is 2. The average Bonchev–Trinajstić information content (AvgIpc) is 3.26. The molecule has 0 aliphatic carbocycles. The summed E-state index contributed by atoms with van der Waals surface area (Å²) in [6.45, 7) is 1.29. The number of hydrogen-bond acceptors (Lipinski definition) is 5. The number of anilines is 1. The van der Waals surface area contributed by atoms with E-state index in [1.54, 1.807) is 16.9 Å². The molecule has 0 radical (unpaired) electrons. The van der Waals surface area contributed by atoms with Gasteiger partial charge >= 0.3 is 5.97 Å². The fourth-order valence-corrected chi connectivity index (χ4v) is 3.33. The van der Waals surface area contributed by atoms with Crippen molar-refractivity contribution in [1.82, 2.24) is 14.7 Å². The highest BCUT2D eigenvalue weighted by Crippen LogP contribution is 2.20. The average molecular weight is 377 g/mol. The molecule has 1 saturated heterocycles. The lowest BCUT2D eigenvalue weighted by Gasteiger charge is -2.21. The van der Waals surface area contributed by atoms with Gasteiger partial charge in [-0.25, -0.2) is 4.68 Å². The van der Waals surface area contributed by atoms with Crippen LogP contribution in [0.2, 0.25) is 5.02 Å². The molecule has 8 heteroatoms. The van der Waals surface area contributed by atoms with Gasteiger partial charge in [-0.1, -0.05) is 29.8 Å². The fraction of sp³-hybridized carbons (Fsp3) is 0.389. The summed E-state index contributed by atoms with van der Waals surface area (Å²) in [4.78, 5) is 26.1. The summed E-state index contributed by atoms with van der Waals surface area (Å²) in [7, 11) is 1.37. The highest BCUT2D eigenvalue weighted by Gasteiger charge is 2.32. The van der Waals surface area contributed by atoms with Gasteiger partial charge in [0, 0.05) is 11.1 Å². The van der Waals surface area contributed by atoms with Crippen LogP contribution in [0.5, 0.6) is 0 Å². The van der Waals surface area contributed by atoms with Crippen LogP contribution in [-0.4, -0.2) is 52.8 Å². The number of methoxy groups -OCH3 is 1. The number of aromatic nitrogens is 2. The number of likely N-dealkylation sites (tertiary alicyclic amines) is 1. The molecular formula is C18H21ClN4O3. The van der Waals surface area contributed by atoms with Crippen LogP contribution in [0.25, 0.3) is 0 Å². The van der Waals surface area contributed by atoms with E-state index in [4.69, 9.17) is 16.3 Å². The first kappa shape index (κ1) is 18.4. The molecule has 1 atom stereocenters. The van der Waals surface area contributed by atoms with Gasteiger partial charge < -0.3 is 10.1 Å². The molecule has 1 aliphatic rings. The number of nitrogens with zero attached hydrogens (tertiary/aromatic N) is 3. The molecule has 1 aromatic heterocycles. The maximum atomic E-state index is 12.4. The Labute approximate surface area is 156 Å². The molecule has 3 rings (SSSR count). The number of amides is 1. The second kappa shape index (κ2) is 8.33. The molecule has 2 heterocycles. The van der Waals surface area contributed by atoms with Gasteiger partial charge in [0.05, 0.1) is 26.4 Å². The minimum atomic E-state index is -0.348. The smallest absolute Gasteiger partial charge is 0.323 e. The van der Waals surface area contributed by atoms with Crippen LogP contribution in [0.15, 0.2) is 36.5 Å². The van der Waals surface area contributed by atoms with Crippen molar-refractivity contribution in [2.24, 2.45) is 0 Å². The van der Waals surface area contributed by atoms with Crippen LogP contribution in [0.4, 0.5) is 5.82 Å². The van der Waals surface area contributed by atoms with Crippen molar-refractivity contribution in [3.8, 4) is 0 Å². The molecule has 26 heavy (non-hydrogen) atoms. The van der Waals surface area contributed by atoms with Gasteiger partial charge in [-0.3, -0.25) is 14.5 Å². The van der Waals surface area contributed by atoms with Gasteiger partial charge in [0.25, 0.3) is 0 Å². The van der Waals surface area contributed by atoms with Crippen LogP contribution in [0.1, 0.15) is 18.4 Å². The maximum absolute atomic E-state index is 12.4. The molecular weight excluding hydrogens is 356 g/mol. The third-order valence-electron chi connectivity index (χ3n) is 4.45. The predicted octanol–water partition coefficient (Wildman–Crippen LogP) is 2.16. The van der Waals surface area contributed by atoms with Gasteiger partial charge in [0.2, 0.25) is 5.91 Å². The summed E-state index contributed by atoms with van der Waals surface area (Å²) in [5.74, 6) is 0.101. The van der Waals surface area contributed by atoms with Crippen molar-refractivity contribution in [3.63, 3.8) is 0 Å². The van der Waals surface area contributed by atoms with Gasteiger partial charge in [-0.05, 0) is 31.0 Å². The van der Waals surface area contributed by atoms with E-state index in [1.807, 2.05) is 29.2 Å². The Morgan fingerprint density at radius 3 is 2.92 bits per heavy atom. The van der Waals surface area contributed by atoms with Crippen molar-refractivity contribution >= 4 is 29.3 Å². The first-order chi connectivity index (χ1) is 12.6. The Bertz CT molecular complexity index is 792. The highest BCUT2D eigenvalue weighted by atomic mass is 35.5. The summed E-state index contributed by atoms with van der Waals surface area (Å²) in [5, 5.41) is 7.76. The lowest BCUT2D eigenvalue weighted by Crippen LogP contribution is -2.41. The van der Waals surface area contributed by atoms with Gasteiger partial charge in [-0.2, -0.15) is 5.10 Å². The lowest BCUT2D eigenvalue weighted by molar-refractivity contribution is -0.146. The van der Waals surface area contributed by atoms with Crippen LogP contribution >= 0.6 is 11.6 Å². The third kappa shape index (κ3) is 4.23. The molecule has 0 saturated carbocycles. The van der Waals surface area contributed by atoms with E-state index in [0.717, 1.165) is 12.0 Å². The van der Waals surface area contributed by atoms with E-state index in [1.165, 1.54) is 7.11 Å². The molecule has 1 fully saturated rings. The van der Waals surface area contributed by atoms with Crippen LogP contribution < -0.4 is 5.32 Å². The molecule has 1 amide bonds. The van der Waals surface area contributed by atoms with E-state index < -0.39 is 0 Å². The molecule has 138 valence electrons. The number of hydrogen-bond donors (Lipinski definition) is 1. The summed E-state index contributed by atoms with van der Waals surface area (Å²) >= 11 is 6.19. The lowest BCUT2D eigenvalue weighted by atomic mass is 10.2. The Balaban J connectivity index is 1.63. The normalized spacial score (nSPS) is 17.2. The first-order valence-corrected chi connectivity index (χ1v) is 8.83. The van der Waals surface area contributed by atoms with E-state index in [2.05, 4.69) is 10.4 Å². The molecule has 1 aromatic carbocycles. The molecule has 7 nitrogen and oxygen atoms in total. The number of halogens is 1. The standard InChI is InChI=1S/C18H21ClN4O3/c1-26-18(25)15-7-4-10-22(15)12-17(24)21-16-8-9-20-23(16)11-13-5-2-3-6-14(13)19/h2-3,5-6,8-9,15H,4,7,10-12H2,1H3,(H,21,24). The van der Waals surface area contributed by atoms with E-state index >= 15 is 0 Å². The second-order valence-electron chi connectivity index (χ2n) is 6.17. The van der Waals surface area contributed by atoms with Crippen molar-refractivity contribution in [2.75, 3.05) is 25.5 Å². The van der Waals surface area contributed by atoms with Crippen LogP contribution in [0, 0.1) is 0 Å². The molecule has 2 aromatic rings. The summed E-state index contributed by atoms with van der Waals surface area (Å²) < 4.78 is 6.49. The zero-order valence-electron chi connectivity index (χ0n) is 14.5. The van der Waals surface area contributed by atoms with Crippen LogP contribution in [-0.2, 0) is 20.9 Å². The Kier molecular flexibility index (Phi) is 5.90. The zero-order valence-corrected chi connectivity index (χ0v) is 15.3. The van der Waals surface area contributed by atoms with E-state index in [-0.39, 0.29) is 24.5 Å². The largest absolute Gasteiger partial charge is 0.468 e. The third-order valence-corrected chi connectivity index (χ3v) is 4.81. The summed E-state index contributed by atoms with van der Waals surface area (Å²) in [5.41, 5.74) is 0.915. The number of esters is 1. The Morgan fingerprint density at radius 1 is 1.35 bits per heavy atom. The maximum Gasteiger partial charge on any atom is 0.323 e. The van der Waals surface area contributed by atoms with Gasteiger partial charge in [0.1, 0.15) is 11.9 Å². The van der Waals surface area contributed by atoms with E-state index in [9.17, 15) is 9.59 Å². The summed E-state index contributed by atoms with van der Waals surface area (Å²) in [6, 6.07) is 8.89. The minimum absolute atomic E-state index is 0.136. The fourth-order valence-electron chi connectivity index (χ4n) is 3.14. The molecule has 1 aliphatic heterocycles. The molecule has 1 unspecified atom stereocenters. The number of rotatable bonds is 6. The Morgan fingerprint density at radius 2 is 2.15 bits per heavy atom. The van der Waals surface area contributed by atoms with Crippen molar-refractivity contribution in [1.29, 1.82) is 0 Å². The van der Waals surface area contributed by atoms with Gasteiger partial charge in [-0.15, -0.1) is 0 Å². The first-order valence-electron chi connectivity index (χ1n) is 8.45. The van der Waals surface area contributed by atoms with Crippen molar-refractivity contribution < 1.29 is 14.3 Å². The molecule has 1 N–H and O–H groups in total. The monoisotopic (exact) mass is 376 g/mol. The summed E-state index contributed by atoms with van der Waals surface area (Å²) in [6.07, 6.45) is 3.21. The Hall–Kier alpha value is -2.38.